The lowest BCUT2D eigenvalue weighted by Crippen LogP contribution is -2.39. The van der Waals surface area contributed by atoms with Crippen molar-refractivity contribution in [2.75, 3.05) is 4.90 Å². The molecule has 35 heavy (non-hydrogen) atoms. The topological polar surface area (TPSA) is 118 Å². The molecule has 14 heteroatoms. The highest BCUT2D eigenvalue weighted by Crippen LogP contribution is 2.34. The summed E-state index contributed by atoms with van der Waals surface area (Å²) >= 11 is 0. The molecule has 2 unspecified atom stereocenters. The van der Waals surface area contributed by atoms with Gasteiger partial charge in [0.2, 0.25) is 5.82 Å². The number of amides is 2. The van der Waals surface area contributed by atoms with Crippen LogP contribution in [0.4, 0.5) is 18.9 Å². The van der Waals surface area contributed by atoms with Crippen LogP contribution in [0.3, 0.4) is 0 Å². The van der Waals surface area contributed by atoms with Crippen LogP contribution in [-0.2, 0) is 22.7 Å². The second-order valence-electron chi connectivity index (χ2n) is 7.74. The largest absolute Gasteiger partial charge is 0.573 e. The van der Waals surface area contributed by atoms with Crippen LogP contribution < -0.4 is 9.64 Å². The molecule has 2 aliphatic rings. The SMILES string of the molecule is CCn1nnc(-c2ccc(CN3N=NC4C(=O)N(c5ccc(OC(F)(F)F)cc5)C(=O)C43)cc2)n1. The van der Waals surface area contributed by atoms with E-state index in [0.717, 1.165) is 28.2 Å². The maximum atomic E-state index is 13.1. The van der Waals surface area contributed by atoms with Crippen molar-refractivity contribution in [1.29, 1.82) is 0 Å². The van der Waals surface area contributed by atoms with Crippen molar-refractivity contribution >= 4 is 17.5 Å². The number of halogens is 3. The van der Waals surface area contributed by atoms with Crippen molar-refractivity contribution in [3.63, 3.8) is 0 Å². The van der Waals surface area contributed by atoms with Crippen molar-refractivity contribution in [2.45, 2.75) is 38.5 Å². The Bertz CT molecular complexity index is 1290. The summed E-state index contributed by atoms with van der Waals surface area (Å²) in [5.41, 5.74) is 1.70. The van der Waals surface area contributed by atoms with Crippen LogP contribution in [0.1, 0.15) is 12.5 Å². The van der Waals surface area contributed by atoms with Gasteiger partial charge in [-0.25, -0.2) is 4.90 Å². The molecule has 0 saturated carbocycles. The number of carbonyl (C=O) groups excluding carboxylic acids is 2. The van der Waals surface area contributed by atoms with Crippen molar-refractivity contribution in [3.05, 3.63) is 54.1 Å². The molecule has 0 aliphatic carbocycles. The standard InChI is InChI=1S/C21H17F3N8O3/c1-2-31-27-18(26-29-31)13-5-3-12(4-6-13)11-30-17-16(25-28-30)19(33)32(20(17)34)14-7-9-15(10-8-14)35-21(22,23)24/h3-10,16-17H,2,11H2,1H3. The smallest absolute Gasteiger partial charge is 0.406 e. The monoisotopic (exact) mass is 486 g/mol. The summed E-state index contributed by atoms with van der Waals surface area (Å²) in [7, 11) is 0. The lowest BCUT2D eigenvalue weighted by Gasteiger charge is -2.21. The highest BCUT2D eigenvalue weighted by atomic mass is 19.4. The molecule has 1 aromatic heterocycles. The molecule has 1 fully saturated rings. The van der Waals surface area contributed by atoms with Crippen molar-refractivity contribution in [3.8, 4) is 17.1 Å². The zero-order chi connectivity index (χ0) is 24.7. The maximum Gasteiger partial charge on any atom is 0.573 e. The van der Waals surface area contributed by atoms with E-state index in [9.17, 15) is 22.8 Å². The number of alkyl halides is 3. The Balaban J connectivity index is 1.29. The number of aryl methyl sites for hydroxylation is 1. The van der Waals surface area contributed by atoms with Crippen LogP contribution in [0.2, 0.25) is 0 Å². The van der Waals surface area contributed by atoms with Gasteiger partial charge in [0.05, 0.1) is 18.8 Å². The molecule has 5 rings (SSSR count). The summed E-state index contributed by atoms with van der Waals surface area (Å²) in [6.07, 6.45) is -4.85. The summed E-state index contributed by atoms with van der Waals surface area (Å²) in [6, 6.07) is 9.79. The molecule has 1 saturated heterocycles. The van der Waals surface area contributed by atoms with Crippen molar-refractivity contribution < 1.29 is 27.5 Å². The van der Waals surface area contributed by atoms with Gasteiger partial charge in [0.15, 0.2) is 12.1 Å². The van der Waals surface area contributed by atoms with Crippen LogP contribution >= 0.6 is 0 Å². The van der Waals surface area contributed by atoms with E-state index in [0.29, 0.717) is 12.4 Å². The van der Waals surface area contributed by atoms with Crippen LogP contribution in [0.5, 0.6) is 5.75 Å². The molecule has 180 valence electrons. The molecule has 3 heterocycles. The maximum absolute atomic E-state index is 13.1. The van der Waals surface area contributed by atoms with Crippen LogP contribution in [0, 0.1) is 0 Å². The van der Waals surface area contributed by atoms with Gasteiger partial charge >= 0.3 is 6.36 Å². The Morgan fingerprint density at radius 1 is 1.00 bits per heavy atom. The average molecular weight is 486 g/mol. The number of nitrogens with zero attached hydrogens (tertiary/aromatic N) is 8. The number of hydrogen-bond acceptors (Lipinski definition) is 9. The van der Waals surface area contributed by atoms with Gasteiger partial charge in [0.1, 0.15) is 5.75 Å². The minimum atomic E-state index is -4.85. The molecule has 0 bridgehead atoms. The number of anilines is 1. The Morgan fingerprint density at radius 3 is 2.34 bits per heavy atom. The van der Waals surface area contributed by atoms with E-state index in [-0.39, 0.29) is 12.2 Å². The minimum Gasteiger partial charge on any atom is -0.406 e. The highest BCUT2D eigenvalue weighted by Gasteiger charge is 2.54. The predicted octanol–water partition coefficient (Wildman–Crippen LogP) is 2.75. The molecule has 3 aromatic rings. The zero-order valence-electron chi connectivity index (χ0n) is 18.1. The Labute approximate surface area is 195 Å². The highest BCUT2D eigenvalue weighted by molar-refractivity contribution is 6.25. The Hall–Kier alpha value is -4.36. The molecule has 0 spiro atoms. The number of carbonyl (C=O) groups is 2. The van der Waals surface area contributed by atoms with Crippen LogP contribution in [0.25, 0.3) is 11.4 Å². The van der Waals surface area contributed by atoms with Gasteiger partial charge < -0.3 is 4.74 Å². The molecule has 2 aromatic carbocycles. The fourth-order valence-electron chi connectivity index (χ4n) is 3.84. The second-order valence-corrected chi connectivity index (χ2v) is 7.74. The molecule has 11 nitrogen and oxygen atoms in total. The first-order chi connectivity index (χ1) is 16.7. The molecule has 2 amide bonds. The van der Waals surface area contributed by atoms with Crippen molar-refractivity contribution in [1.82, 2.24) is 25.2 Å². The third-order valence-corrected chi connectivity index (χ3v) is 5.48. The first kappa shape index (κ1) is 22.4. The van der Waals surface area contributed by atoms with Gasteiger partial charge in [-0.1, -0.05) is 29.5 Å². The summed E-state index contributed by atoms with van der Waals surface area (Å²) < 4.78 is 41.0. The Morgan fingerprint density at radius 2 is 1.71 bits per heavy atom. The summed E-state index contributed by atoms with van der Waals surface area (Å²) in [6.45, 7) is 2.72. The van der Waals surface area contributed by atoms with E-state index < -0.39 is 36.0 Å². The molecule has 0 radical (unpaired) electrons. The van der Waals surface area contributed by atoms with E-state index in [1.807, 2.05) is 31.2 Å². The first-order valence-electron chi connectivity index (χ1n) is 10.5. The molecule has 2 atom stereocenters. The van der Waals surface area contributed by atoms with Gasteiger partial charge in [-0.05, 0) is 42.0 Å². The van der Waals surface area contributed by atoms with E-state index in [1.165, 1.54) is 21.9 Å². The third-order valence-electron chi connectivity index (χ3n) is 5.48. The number of imide groups is 1. The number of hydrogen-bond donors (Lipinski definition) is 0. The average Bonchev–Trinajstić information content (AvgIpc) is 3.52. The number of rotatable bonds is 6. The van der Waals surface area contributed by atoms with Crippen molar-refractivity contribution in [2.24, 2.45) is 10.3 Å². The number of tetrazole rings is 1. The summed E-state index contributed by atoms with van der Waals surface area (Å²) in [5.74, 6) is -1.14. The zero-order valence-corrected chi connectivity index (χ0v) is 18.1. The van der Waals surface area contributed by atoms with E-state index in [1.54, 1.807) is 0 Å². The van der Waals surface area contributed by atoms with Gasteiger partial charge in [0, 0.05) is 5.56 Å². The summed E-state index contributed by atoms with van der Waals surface area (Å²) in [5, 5.41) is 21.6. The van der Waals surface area contributed by atoms with Crippen LogP contribution in [-0.4, -0.2) is 55.5 Å². The fraction of sp³-hybridized carbons (Fsp3) is 0.286. The van der Waals surface area contributed by atoms with E-state index in [2.05, 4.69) is 30.5 Å². The quantitative estimate of drug-likeness (QED) is 0.492. The van der Waals surface area contributed by atoms with Gasteiger partial charge in [-0.3, -0.25) is 14.6 Å². The van der Waals surface area contributed by atoms with E-state index >= 15 is 0 Å². The Kier molecular flexibility index (Phi) is 5.42. The lowest BCUT2D eigenvalue weighted by molar-refractivity contribution is -0.274. The fourth-order valence-corrected chi connectivity index (χ4v) is 3.84. The molecular formula is C21H17F3N8O3. The number of fused-ring (bicyclic) bond motifs is 1. The van der Waals surface area contributed by atoms with Crippen LogP contribution in [0.15, 0.2) is 58.9 Å². The first-order valence-corrected chi connectivity index (χ1v) is 10.5. The third kappa shape index (κ3) is 4.29. The van der Waals surface area contributed by atoms with Gasteiger partial charge in [-0.15, -0.1) is 23.4 Å². The summed E-state index contributed by atoms with van der Waals surface area (Å²) in [4.78, 5) is 28.3. The number of benzene rings is 2. The van der Waals surface area contributed by atoms with Gasteiger partial charge in [0.25, 0.3) is 11.8 Å². The minimum absolute atomic E-state index is 0.121. The normalized spacial score (nSPS) is 19.5. The van der Waals surface area contributed by atoms with Gasteiger partial charge in [-0.2, -0.15) is 9.91 Å². The number of aromatic nitrogens is 4. The van der Waals surface area contributed by atoms with E-state index in [4.69, 9.17) is 0 Å². The number of ether oxygens (including phenoxy) is 1. The lowest BCUT2D eigenvalue weighted by atomic mass is 10.1. The molecule has 0 N–H and O–H groups in total. The second kappa shape index (κ2) is 8.45. The molecule has 2 aliphatic heterocycles. The molecular weight excluding hydrogens is 469 g/mol. The predicted molar refractivity (Wildman–Crippen MR) is 113 cm³/mol.